The zero-order valence-corrected chi connectivity index (χ0v) is 8.11. The fourth-order valence-corrected chi connectivity index (χ4v) is 3.21. The van der Waals surface area contributed by atoms with Crippen molar-refractivity contribution in [2.75, 3.05) is 5.75 Å². The molecular formula is C8H15FO2S. The number of hydrogen-bond donors (Lipinski definition) is 0. The Kier molecular flexibility index (Phi) is 3.09. The van der Waals surface area contributed by atoms with Gasteiger partial charge in [0.15, 0.2) is 9.84 Å². The molecule has 2 nitrogen and oxygen atoms in total. The molecule has 0 amide bonds. The van der Waals surface area contributed by atoms with Crippen molar-refractivity contribution in [2.24, 2.45) is 0 Å². The van der Waals surface area contributed by atoms with E-state index in [2.05, 4.69) is 0 Å². The topological polar surface area (TPSA) is 34.1 Å². The fraction of sp³-hybridized carbons (Fsp3) is 1.00. The molecule has 1 aliphatic rings. The van der Waals surface area contributed by atoms with Gasteiger partial charge in [-0.15, -0.1) is 0 Å². The van der Waals surface area contributed by atoms with E-state index in [9.17, 15) is 12.8 Å². The van der Waals surface area contributed by atoms with Gasteiger partial charge < -0.3 is 0 Å². The maximum atomic E-state index is 13.2. The van der Waals surface area contributed by atoms with Crippen LogP contribution in [0.5, 0.6) is 0 Å². The Morgan fingerprint density at radius 3 is 2.42 bits per heavy atom. The van der Waals surface area contributed by atoms with Crippen LogP contribution < -0.4 is 0 Å². The van der Waals surface area contributed by atoms with Gasteiger partial charge in [-0.2, -0.15) is 0 Å². The molecule has 2 atom stereocenters. The molecule has 72 valence electrons. The second-order valence-electron chi connectivity index (χ2n) is 3.29. The van der Waals surface area contributed by atoms with Crippen molar-refractivity contribution in [3.8, 4) is 0 Å². The highest BCUT2D eigenvalue weighted by molar-refractivity contribution is 7.92. The average molecular weight is 194 g/mol. The van der Waals surface area contributed by atoms with Crippen molar-refractivity contribution in [3.63, 3.8) is 0 Å². The summed E-state index contributed by atoms with van der Waals surface area (Å²) in [6.07, 6.45) is 1.49. The molecular weight excluding hydrogens is 179 g/mol. The lowest BCUT2D eigenvalue weighted by Crippen LogP contribution is -2.35. The van der Waals surface area contributed by atoms with Gasteiger partial charge in [0.1, 0.15) is 6.17 Å². The molecule has 0 N–H and O–H groups in total. The molecule has 0 aromatic rings. The molecule has 0 aliphatic heterocycles. The Balaban J connectivity index is 2.72. The van der Waals surface area contributed by atoms with E-state index in [0.717, 1.165) is 12.8 Å². The van der Waals surface area contributed by atoms with Crippen LogP contribution >= 0.6 is 0 Å². The fourth-order valence-electron chi connectivity index (χ4n) is 1.67. The molecule has 0 heterocycles. The molecule has 0 saturated heterocycles. The van der Waals surface area contributed by atoms with Crippen molar-refractivity contribution >= 4 is 9.84 Å². The average Bonchev–Trinajstić information content (AvgIpc) is 2.05. The second kappa shape index (κ2) is 3.73. The van der Waals surface area contributed by atoms with Crippen molar-refractivity contribution in [2.45, 2.75) is 44.0 Å². The van der Waals surface area contributed by atoms with Crippen molar-refractivity contribution < 1.29 is 12.8 Å². The van der Waals surface area contributed by atoms with Crippen LogP contribution in [0.4, 0.5) is 4.39 Å². The van der Waals surface area contributed by atoms with E-state index >= 15 is 0 Å². The van der Waals surface area contributed by atoms with Crippen molar-refractivity contribution in [1.29, 1.82) is 0 Å². The summed E-state index contributed by atoms with van der Waals surface area (Å²) >= 11 is 0. The second-order valence-corrected chi connectivity index (χ2v) is 5.80. The minimum absolute atomic E-state index is 0.0675. The van der Waals surface area contributed by atoms with E-state index in [4.69, 9.17) is 0 Å². The number of hydrogen-bond acceptors (Lipinski definition) is 2. The minimum atomic E-state index is -3.15. The van der Waals surface area contributed by atoms with Crippen LogP contribution in [0.2, 0.25) is 0 Å². The molecule has 0 radical (unpaired) electrons. The van der Waals surface area contributed by atoms with E-state index in [1.165, 1.54) is 0 Å². The Labute approximate surface area is 73.1 Å². The third-order valence-electron chi connectivity index (χ3n) is 2.49. The van der Waals surface area contributed by atoms with E-state index < -0.39 is 21.3 Å². The maximum absolute atomic E-state index is 13.2. The van der Waals surface area contributed by atoms with Crippen LogP contribution in [0.15, 0.2) is 0 Å². The van der Waals surface area contributed by atoms with Crippen LogP contribution in [0, 0.1) is 0 Å². The van der Waals surface area contributed by atoms with Gasteiger partial charge in [-0.1, -0.05) is 19.8 Å². The molecule has 4 heteroatoms. The molecule has 12 heavy (non-hydrogen) atoms. The van der Waals surface area contributed by atoms with E-state index in [-0.39, 0.29) is 5.75 Å². The molecule has 0 bridgehead atoms. The first-order valence-electron chi connectivity index (χ1n) is 4.43. The standard InChI is InChI=1S/C8H15FO2S/c1-2-12(10,11)8-6-4-3-5-7(8)9/h7-8H,2-6H2,1H3. The van der Waals surface area contributed by atoms with Crippen molar-refractivity contribution in [3.05, 3.63) is 0 Å². The summed E-state index contributed by atoms with van der Waals surface area (Å²) in [6, 6.07) is 0. The van der Waals surface area contributed by atoms with E-state index in [1.54, 1.807) is 6.92 Å². The highest BCUT2D eigenvalue weighted by atomic mass is 32.2. The maximum Gasteiger partial charge on any atom is 0.155 e. The normalized spacial score (nSPS) is 31.8. The van der Waals surface area contributed by atoms with Gasteiger partial charge in [0.2, 0.25) is 0 Å². The number of sulfone groups is 1. The van der Waals surface area contributed by atoms with Gasteiger partial charge in [0.05, 0.1) is 5.25 Å². The predicted molar refractivity (Wildman–Crippen MR) is 46.6 cm³/mol. The van der Waals surface area contributed by atoms with Gasteiger partial charge in [-0.25, -0.2) is 12.8 Å². The SMILES string of the molecule is CCS(=O)(=O)C1CCCCC1F. The van der Waals surface area contributed by atoms with Gasteiger partial charge in [-0.05, 0) is 12.8 Å². The van der Waals surface area contributed by atoms with Crippen LogP contribution in [0.25, 0.3) is 0 Å². The third-order valence-corrected chi connectivity index (χ3v) is 4.74. The predicted octanol–water partition coefficient (Wildman–Crippen LogP) is 1.70. The number of alkyl halides is 1. The quantitative estimate of drug-likeness (QED) is 0.670. The van der Waals surface area contributed by atoms with Gasteiger partial charge >= 0.3 is 0 Å². The summed E-state index contributed by atoms with van der Waals surface area (Å²) in [6.45, 7) is 1.58. The first-order chi connectivity index (χ1) is 5.58. The largest absolute Gasteiger partial charge is 0.246 e. The molecule has 1 rings (SSSR count). The zero-order valence-electron chi connectivity index (χ0n) is 7.29. The van der Waals surface area contributed by atoms with Gasteiger partial charge in [0, 0.05) is 5.75 Å². The highest BCUT2D eigenvalue weighted by Crippen LogP contribution is 2.26. The van der Waals surface area contributed by atoms with Gasteiger partial charge in [0.25, 0.3) is 0 Å². The van der Waals surface area contributed by atoms with E-state index in [1.807, 2.05) is 0 Å². The molecule has 1 aliphatic carbocycles. The first kappa shape index (κ1) is 9.96. The van der Waals surface area contributed by atoms with E-state index in [0.29, 0.717) is 12.8 Å². The summed E-state index contributed by atoms with van der Waals surface area (Å²) in [5.74, 6) is 0.0675. The summed E-state index contributed by atoms with van der Waals surface area (Å²) in [4.78, 5) is 0. The molecule has 0 aromatic carbocycles. The Morgan fingerprint density at radius 2 is 1.92 bits per heavy atom. The zero-order chi connectivity index (χ0) is 9.19. The molecule has 0 aromatic heterocycles. The van der Waals surface area contributed by atoms with Crippen LogP contribution in [0.3, 0.4) is 0 Å². The van der Waals surface area contributed by atoms with Gasteiger partial charge in [-0.3, -0.25) is 0 Å². The lowest BCUT2D eigenvalue weighted by Gasteiger charge is -2.24. The van der Waals surface area contributed by atoms with Crippen LogP contribution in [-0.4, -0.2) is 25.6 Å². The Bertz CT molecular complexity index is 235. The summed E-state index contributed by atoms with van der Waals surface area (Å²) in [7, 11) is -3.15. The number of halogens is 1. The lowest BCUT2D eigenvalue weighted by atomic mass is 9.98. The summed E-state index contributed by atoms with van der Waals surface area (Å²) in [5.41, 5.74) is 0. The van der Waals surface area contributed by atoms with Crippen LogP contribution in [-0.2, 0) is 9.84 Å². The lowest BCUT2D eigenvalue weighted by molar-refractivity contribution is 0.253. The molecule has 0 spiro atoms. The number of rotatable bonds is 2. The monoisotopic (exact) mass is 194 g/mol. The third kappa shape index (κ3) is 1.97. The molecule has 1 fully saturated rings. The van der Waals surface area contributed by atoms with Crippen LogP contribution in [0.1, 0.15) is 32.6 Å². The van der Waals surface area contributed by atoms with Crippen molar-refractivity contribution in [1.82, 2.24) is 0 Å². The first-order valence-corrected chi connectivity index (χ1v) is 6.15. The highest BCUT2D eigenvalue weighted by Gasteiger charge is 2.34. The Hall–Kier alpha value is -0.120. The Morgan fingerprint density at radius 1 is 1.33 bits per heavy atom. The smallest absolute Gasteiger partial charge is 0.155 e. The molecule has 1 saturated carbocycles. The minimum Gasteiger partial charge on any atom is -0.246 e. The molecule has 2 unspecified atom stereocenters. The summed E-state index contributed by atoms with van der Waals surface area (Å²) in [5, 5.41) is -0.712. The summed E-state index contributed by atoms with van der Waals surface area (Å²) < 4.78 is 35.8.